The largest absolute Gasteiger partial charge is 0.495 e. The standard InChI is InChI=1S/C17H20ClN3O3S/c1-4-5-12-9-15(22)21-17(19-12)25-10(2)16(23)20-13-8-11(18)6-7-14(13)24-3/h6-10H,4-5H2,1-3H3,(H,20,23)(H,19,21,22). The van der Waals surface area contributed by atoms with E-state index in [0.717, 1.165) is 18.5 Å². The zero-order valence-corrected chi connectivity index (χ0v) is 15.8. The Kier molecular flexibility index (Phi) is 6.90. The van der Waals surface area contributed by atoms with Gasteiger partial charge in [0.15, 0.2) is 5.16 Å². The first-order chi connectivity index (χ1) is 11.9. The molecule has 1 unspecified atom stereocenters. The molecule has 2 N–H and O–H groups in total. The van der Waals surface area contributed by atoms with Crippen LogP contribution in [0, 0.1) is 0 Å². The predicted octanol–water partition coefficient (Wildman–Crippen LogP) is 3.50. The lowest BCUT2D eigenvalue weighted by Crippen LogP contribution is -2.23. The Morgan fingerprint density at radius 2 is 2.20 bits per heavy atom. The molecule has 0 aliphatic carbocycles. The molecule has 6 nitrogen and oxygen atoms in total. The van der Waals surface area contributed by atoms with Crippen molar-refractivity contribution in [2.24, 2.45) is 0 Å². The summed E-state index contributed by atoms with van der Waals surface area (Å²) in [5.74, 6) is 0.278. The smallest absolute Gasteiger partial charge is 0.251 e. The van der Waals surface area contributed by atoms with Crippen LogP contribution in [-0.4, -0.2) is 28.2 Å². The van der Waals surface area contributed by atoms with Crippen LogP contribution in [0.3, 0.4) is 0 Å². The number of hydrogen-bond donors (Lipinski definition) is 2. The molecule has 1 amide bonds. The maximum Gasteiger partial charge on any atom is 0.251 e. The molecular weight excluding hydrogens is 362 g/mol. The molecule has 0 aliphatic rings. The van der Waals surface area contributed by atoms with Crippen molar-refractivity contribution in [2.45, 2.75) is 37.1 Å². The summed E-state index contributed by atoms with van der Waals surface area (Å²) in [6.07, 6.45) is 1.61. The lowest BCUT2D eigenvalue weighted by atomic mass is 10.2. The van der Waals surface area contributed by atoms with Crippen LogP contribution in [0.25, 0.3) is 0 Å². The van der Waals surface area contributed by atoms with Gasteiger partial charge in [0.25, 0.3) is 5.56 Å². The fourth-order valence-electron chi connectivity index (χ4n) is 2.16. The van der Waals surface area contributed by atoms with E-state index < -0.39 is 5.25 Å². The second kappa shape index (κ2) is 8.92. The number of carbonyl (C=O) groups excluding carboxylic acids is 1. The normalized spacial score (nSPS) is 11.8. The fraction of sp³-hybridized carbons (Fsp3) is 0.353. The van der Waals surface area contributed by atoms with Crippen molar-refractivity contribution in [3.8, 4) is 5.75 Å². The van der Waals surface area contributed by atoms with Gasteiger partial charge in [-0.15, -0.1) is 0 Å². The van der Waals surface area contributed by atoms with Crippen LogP contribution in [0.4, 0.5) is 5.69 Å². The molecule has 0 spiro atoms. The third-order valence-electron chi connectivity index (χ3n) is 3.36. The van der Waals surface area contributed by atoms with Crippen LogP contribution < -0.4 is 15.6 Å². The first-order valence-electron chi connectivity index (χ1n) is 7.84. The predicted molar refractivity (Wildman–Crippen MR) is 101 cm³/mol. The van der Waals surface area contributed by atoms with Gasteiger partial charge < -0.3 is 15.0 Å². The number of nitrogens with one attached hydrogen (secondary N) is 2. The minimum Gasteiger partial charge on any atom is -0.495 e. The number of H-pyrrole nitrogens is 1. The topological polar surface area (TPSA) is 84.1 Å². The molecule has 0 fully saturated rings. The lowest BCUT2D eigenvalue weighted by Gasteiger charge is -2.14. The molecular formula is C17H20ClN3O3S. The van der Waals surface area contributed by atoms with Crippen LogP contribution in [0.5, 0.6) is 5.75 Å². The van der Waals surface area contributed by atoms with Gasteiger partial charge in [-0.3, -0.25) is 9.59 Å². The number of benzene rings is 1. The maximum atomic E-state index is 12.4. The van der Waals surface area contributed by atoms with Gasteiger partial charge in [-0.1, -0.05) is 36.7 Å². The van der Waals surface area contributed by atoms with Crippen molar-refractivity contribution in [3.63, 3.8) is 0 Å². The second-order valence-corrected chi connectivity index (χ2v) is 7.15. The lowest BCUT2D eigenvalue weighted by molar-refractivity contribution is -0.115. The van der Waals surface area contributed by atoms with Crippen molar-refractivity contribution < 1.29 is 9.53 Å². The van der Waals surface area contributed by atoms with Crippen LogP contribution in [0.1, 0.15) is 26.0 Å². The molecule has 8 heteroatoms. The van der Waals surface area contributed by atoms with E-state index in [1.54, 1.807) is 25.1 Å². The molecule has 1 heterocycles. The Bertz CT molecular complexity index is 810. The van der Waals surface area contributed by atoms with E-state index in [2.05, 4.69) is 15.3 Å². The van der Waals surface area contributed by atoms with Gasteiger partial charge in [-0.25, -0.2) is 4.98 Å². The first-order valence-corrected chi connectivity index (χ1v) is 9.10. The van der Waals surface area contributed by atoms with E-state index in [4.69, 9.17) is 16.3 Å². The quantitative estimate of drug-likeness (QED) is 0.566. The molecule has 0 saturated carbocycles. The van der Waals surface area contributed by atoms with E-state index in [1.807, 2.05) is 6.92 Å². The van der Waals surface area contributed by atoms with E-state index in [9.17, 15) is 9.59 Å². The zero-order chi connectivity index (χ0) is 18.4. The van der Waals surface area contributed by atoms with Crippen LogP contribution in [-0.2, 0) is 11.2 Å². The Morgan fingerprint density at radius 1 is 1.44 bits per heavy atom. The molecule has 2 aromatic rings. The molecule has 1 aromatic heterocycles. The zero-order valence-electron chi connectivity index (χ0n) is 14.3. The third-order valence-corrected chi connectivity index (χ3v) is 4.58. The Hall–Kier alpha value is -1.99. The summed E-state index contributed by atoms with van der Waals surface area (Å²) in [5.41, 5.74) is 0.997. The number of ether oxygens (including phenoxy) is 1. The molecule has 1 atom stereocenters. The van der Waals surface area contributed by atoms with Gasteiger partial charge in [0, 0.05) is 16.8 Å². The number of methoxy groups -OCH3 is 1. The van der Waals surface area contributed by atoms with Gasteiger partial charge in [-0.2, -0.15) is 0 Å². The van der Waals surface area contributed by atoms with E-state index in [1.165, 1.54) is 24.9 Å². The number of amides is 1. The summed E-state index contributed by atoms with van der Waals surface area (Å²) in [4.78, 5) is 31.2. The molecule has 1 aromatic carbocycles. The summed E-state index contributed by atoms with van der Waals surface area (Å²) in [6.45, 7) is 3.76. The maximum absolute atomic E-state index is 12.4. The summed E-state index contributed by atoms with van der Waals surface area (Å²) >= 11 is 7.16. The fourth-order valence-corrected chi connectivity index (χ4v) is 3.16. The highest BCUT2D eigenvalue weighted by Crippen LogP contribution is 2.29. The van der Waals surface area contributed by atoms with E-state index in [-0.39, 0.29) is 11.5 Å². The Labute approximate surface area is 155 Å². The van der Waals surface area contributed by atoms with E-state index in [0.29, 0.717) is 21.6 Å². The Balaban J connectivity index is 2.11. The van der Waals surface area contributed by atoms with Crippen LogP contribution in [0.15, 0.2) is 34.2 Å². The average Bonchev–Trinajstić information content (AvgIpc) is 2.54. The van der Waals surface area contributed by atoms with Crippen molar-refractivity contribution in [2.75, 3.05) is 12.4 Å². The second-order valence-electron chi connectivity index (χ2n) is 5.39. The van der Waals surface area contributed by atoms with Crippen molar-refractivity contribution >= 4 is 35.0 Å². The number of thioether (sulfide) groups is 1. The van der Waals surface area contributed by atoms with Crippen molar-refractivity contribution in [1.82, 2.24) is 9.97 Å². The van der Waals surface area contributed by atoms with Crippen LogP contribution >= 0.6 is 23.4 Å². The highest BCUT2D eigenvalue weighted by molar-refractivity contribution is 8.00. The van der Waals surface area contributed by atoms with Gasteiger partial charge in [0.1, 0.15) is 5.75 Å². The van der Waals surface area contributed by atoms with E-state index >= 15 is 0 Å². The third kappa shape index (κ3) is 5.51. The van der Waals surface area contributed by atoms with Gasteiger partial charge in [0.2, 0.25) is 5.91 Å². The molecule has 0 radical (unpaired) electrons. The average molecular weight is 382 g/mol. The van der Waals surface area contributed by atoms with Crippen molar-refractivity contribution in [3.05, 3.63) is 45.3 Å². The highest BCUT2D eigenvalue weighted by Gasteiger charge is 2.18. The number of hydrogen-bond acceptors (Lipinski definition) is 5. The molecule has 134 valence electrons. The van der Waals surface area contributed by atoms with Crippen molar-refractivity contribution in [1.29, 1.82) is 0 Å². The molecule has 0 bridgehead atoms. The number of aryl methyl sites for hydroxylation is 1. The number of halogens is 1. The van der Waals surface area contributed by atoms with Gasteiger partial charge in [-0.05, 0) is 31.5 Å². The first kappa shape index (κ1) is 19.3. The van der Waals surface area contributed by atoms with Crippen LogP contribution in [0.2, 0.25) is 5.02 Å². The number of nitrogens with zero attached hydrogens (tertiary/aromatic N) is 1. The SMILES string of the molecule is CCCc1cc(=O)[nH]c(SC(C)C(=O)Nc2cc(Cl)ccc2OC)n1. The summed E-state index contributed by atoms with van der Waals surface area (Å²) in [6, 6.07) is 6.47. The number of rotatable bonds is 7. The highest BCUT2D eigenvalue weighted by atomic mass is 35.5. The molecule has 0 aliphatic heterocycles. The minimum absolute atomic E-state index is 0.218. The number of anilines is 1. The Morgan fingerprint density at radius 3 is 2.88 bits per heavy atom. The number of carbonyl (C=O) groups is 1. The summed E-state index contributed by atoms with van der Waals surface area (Å²) in [5, 5.41) is 3.24. The summed E-state index contributed by atoms with van der Waals surface area (Å²) < 4.78 is 5.22. The minimum atomic E-state index is -0.469. The van der Waals surface area contributed by atoms with Gasteiger partial charge in [0.05, 0.1) is 18.0 Å². The molecule has 25 heavy (non-hydrogen) atoms. The summed E-state index contributed by atoms with van der Waals surface area (Å²) in [7, 11) is 1.52. The van der Waals surface area contributed by atoms with Gasteiger partial charge >= 0.3 is 0 Å². The monoisotopic (exact) mass is 381 g/mol. The molecule has 0 saturated heterocycles. The molecule has 2 rings (SSSR count). The number of aromatic amines is 1. The number of aromatic nitrogens is 2.